The van der Waals surface area contributed by atoms with E-state index in [1.165, 1.54) is 38.0 Å². The van der Waals surface area contributed by atoms with Crippen molar-refractivity contribution in [3.63, 3.8) is 0 Å². The Morgan fingerprint density at radius 2 is 2.18 bits per heavy atom. The van der Waals surface area contributed by atoms with E-state index in [-0.39, 0.29) is 0 Å². The minimum absolute atomic E-state index is 0.710. The van der Waals surface area contributed by atoms with Crippen molar-refractivity contribution in [2.45, 2.75) is 32.2 Å². The summed E-state index contributed by atoms with van der Waals surface area (Å²) in [6.07, 6.45) is 3.85. The van der Waals surface area contributed by atoms with Gasteiger partial charge in [-0.3, -0.25) is 0 Å². The van der Waals surface area contributed by atoms with E-state index in [4.69, 9.17) is 0 Å². The Morgan fingerprint density at radius 3 is 3.06 bits per heavy atom. The van der Waals surface area contributed by atoms with Crippen LogP contribution in [0.3, 0.4) is 0 Å². The Labute approximate surface area is 104 Å². The van der Waals surface area contributed by atoms with Crippen molar-refractivity contribution in [1.82, 2.24) is 5.32 Å². The molecule has 3 rings (SSSR count). The van der Waals surface area contributed by atoms with Crippen LogP contribution in [-0.2, 0) is 6.42 Å². The maximum atomic E-state index is 3.56. The number of rotatable bonds is 2. The van der Waals surface area contributed by atoms with E-state index >= 15 is 0 Å². The van der Waals surface area contributed by atoms with Gasteiger partial charge in [-0.25, -0.2) is 0 Å². The summed E-state index contributed by atoms with van der Waals surface area (Å²) in [5.41, 5.74) is 3.03. The minimum atomic E-state index is 0.710. The zero-order valence-electron chi connectivity index (χ0n) is 10.7. The summed E-state index contributed by atoms with van der Waals surface area (Å²) in [6, 6.07) is 9.67. The smallest absolute Gasteiger partial charge is 0.0454 e. The first-order valence-electron chi connectivity index (χ1n) is 6.95. The molecular weight excluding hydrogens is 208 g/mol. The second-order valence-electron chi connectivity index (χ2n) is 5.32. The van der Waals surface area contributed by atoms with Crippen molar-refractivity contribution in [1.29, 1.82) is 0 Å². The van der Waals surface area contributed by atoms with Gasteiger partial charge >= 0.3 is 0 Å². The van der Waals surface area contributed by atoms with Gasteiger partial charge in [-0.2, -0.15) is 0 Å². The molecule has 2 heteroatoms. The zero-order valence-corrected chi connectivity index (χ0v) is 10.7. The van der Waals surface area contributed by atoms with Gasteiger partial charge in [-0.15, -0.1) is 0 Å². The van der Waals surface area contributed by atoms with Gasteiger partial charge in [0.05, 0.1) is 0 Å². The molecule has 0 bridgehead atoms. The van der Waals surface area contributed by atoms with Crippen LogP contribution in [0.5, 0.6) is 0 Å². The lowest BCUT2D eigenvalue weighted by molar-refractivity contribution is 0.455. The lowest BCUT2D eigenvalue weighted by atomic mass is 9.94. The monoisotopic (exact) mass is 230 g/mol. The highest BCUT2D eigenvalue weighted by Crippen LogP contribution is 2.32. The summed E-state index contributed by atoms with van der Waals surface area (Å²) in [7, 11) is 0. The Morgan fingerprint density at radius 1 is 1.29 bits per heavy atom. The molecule has 1 aromatic rings. The number of nitrogens with one attached hydrogen (secondary N) is 1. The molecule has 1 fully saturated rings. The standard InChI is InChI=1S/C15H22N2/c1-2-12-10-16-11-15(12)17-9-5-7-13-6-3-4-8-14(13)17/h3-4,6,8,12,15-16H,2,5,7,9-11H2,1H3. The van der Waals surface area contributed by atoms with Crippen molar-refractivity contribution >= 4 is 5.69 Å². The number of hydrogen-bond donors (Lipinski definition) is 1. The molecule has 17 heavy (non-hydrogen) atoms. The largest absolute Gasteiger partial charge is 0.367 e. The van der Waals surface area contributed by atoms with Gasteiger partial charge in [-0.05, 0) is 30.4 Å². The third-order valence-electron chi connectivity index (χ3n) is 4.38. The molecule has 0 saturated carbocycles. The number of fused-ring (bicyclic) bond motifs is 1. The van der Waals surface area contributed by atoms with Gasteiger partial charge in [0.15, 0.2) is 0 Å². The van der Waals surface area contributed by atoms with Crippen molar-refractivity contribution < 1.29 is 0 Å². The topological polar surface area (TPSA) is 15.3 Å². The Kier molecular flexibility index (Phi) is 3.06. The van der Waals surface area contributed by atoms with Crippen molar-refractivity contribution in [2.24, 2.45) is 5.92 Å². The lowest BCUT2D eigenvalue weighted by Crippen LogP contribution is -2.43. The van der Waals surface area contributed by atoms with E-state index in [9.17, 15) is 0 Å². The second-order valence-corrected chi connectivity index (χ2v) is 5.32. The van der Waals surface area contributed by atoms with Crippen molar-refractivity contribution in [3.05, 3.63) is 29.8 Å². The molecule has 2 nitrogen and oxygen atoms in total. The summed E-state index contributed by atoms with van der Waals surface area (Å²) >= 11 is 0. The van der Waals surface area contributed by atoms with Gasteiger partial charge in [-0.1, -0.05) is 31.5 Å². The number of nitrogens with zero attached hydrogens (tertiary/aromatic N) is 1. The highest BCUT2D eigenvalue weighted by Gasteiger charge is 2.32. The third-order valence-corrected chi connectivity index (χ3v) is 4.38. The second kappa shape index (κ2) is 4.69. The number of hydrogen-bond acceptors (Lipinski definition) is 2. The van der Waals surface area contributed by atoms with Gasteiger partial charge < -0.3 is 10.2 Å². The minimum Gasteiger partial charge on any atom is -0.367 e. The molecule has 2 unspecified atom stereocenters. The van der Waals surface area contributed by atoms with Crippen LogP contribution < -0.4 is 10.2 Å². The summed E-state index contributed by atoms with van der Waals surface area (Å²) in [5.74, 6) is 0.821. The average Bonchev–Trinajstić information content (AvgIpc) is 2.86. The molecule has 1 saturated heterocycles. The summed E-state index contributed by atoms with van der Waals surface area (Å²) in [4.78, 5) is 2.66. The first-order chi connectivity index (χ1) is 8.40. The molecule has 92 valence electrons. The maximum Gasteiger partial charge on any atom is 0.0454 e. The fourth-order valence-electron chi connectivity index (χ4n) is 3.41. The fraction of sp³-hybridized carbons (Fsp3) is 0.600. The maximum absolute atomic E-state index is 3.56. The SMILES string of the molecule is CCC1CNCC1N1CCCc2ccccc21. The number of aryl methyl sites for hydroxylation is 1. The predicted molar refractivity (Wildman–Crippen MR) is 72.5 cm³/mol. The van der Waals surface area contributed by atoms with Gasteiger partial charge in [0.1, 0.15) is 0 Å². The van der Waals surface area contributed by atoms with E-state index in [2.05, 4.69) is 41.4 Å². The number of para-hydroxylation sites is 1. The summed E-state index contributed by atoms with van der Waals surface area (Å²) in [5, 5.41) is 3.56. The molecule has 2 aliphatic rings. The van der Waals surface area contributed by atoms with E-state index in [0.717, 1.165) is 12.5 Å². The predicted octanol–water partition coefficient (Wildman–Crippen LogP) is 2.44. The Balaban J connectivity index is 1.89. The molecule has 0 aromatic heterocycles. The van der Waals surface area contributed by atoms with E-state index in [1.807, 2.05) is 0 Å². The van der Waals surface area contributed by atoms with Crippen LogP contribution in [0.1, 0.15) is 25.3 Å². The summed E-state index contributed by atoms with van der Waals surface area (Å²) in [6.45, 7) is 5.91. The van der Waals surface area contributed by atoms with E-state index in [0.29, 0.717) is 6.04 Å². The normalized spacial score (nSPS) is 28.2. The fourth-order valence-corrected chi connectivity index (χ4v) is 3.41. The van der Waals surface area contributed by atoms with Crippen LogP contribution in [0.25, 0.3) is 0 Å². The molecule has 2 atom stereocenters. The summed E-state index contributed by atoms with van der Waals surface area (Å²) < 4.78 is 0. The van der Waals surface area contributed by atoms with Crippen LogP contribution in [-0.4, -0.2) is 25.7 Å². The molecule has 1 N–H and O–H groups in total. The van der Waals surface area contributed by atoms with E-state index < -0.39 is 0 Å². The molecule has 0 radical (unpaired) electrons. The highest BCUT2D eigenvalue weighted by molar-refractivity contribution is 5.56. The number of benzene rings is 1. The van der Waals surface area contributed by atoms with E-state index in [1.54, 1.807) is 5.56 Å². The van der Waals surface area contributed by atoms with Gasteiger partial charge in [0.25, 0.3) is 0 Å². The van der Waals surface area contributed by atoms with Crippen molar-refractivity contribution in [2.75, 3.05) is 24.5 Å². The van der Waals surface area contributed by atoms with Crippen LogP contribution in [0, 0.1) is 5.92 Å². The van der Waals surface area contributed by atoms with Crippen LogP contribution in [0.15, 0.2) is 24.3 Å². The average molecular weight is 230 g/mol. The number of anilines is 1. The molecule has 0 amide bonds. The van der Waals surface area contributed by atoms with Crippen LogP contribution >= 0.6 is 0 Å². The van der Waals surface area contributed by atoms with Crippen molar-refractivity contribution in [3.8, 4) is 0 Å². The van der Waals surface area contributed by atoms with Crippen LogP contribution in [0.2, 0.25) is 0 Å². The molecule has 0 spiro atoms. The first kappa shape index (κ1) is 11.1. The third kappa shape index (κ3) is 1.95. The Bertz CT molecular complexity index is 388. The van der Waals surface area contributed by atoms with Gasteiger partial charge in [0.2, 0.25) is 0 Å². The van der Waals surface area contributed by atoms with Crippen LogP contribution in [0.4, 0.5) is 5.69 Å². The van der Waals surface area contributed by atoms with Gasteiger partial charge in [0, 0.05) is 31.4 Å². The quantitative estimate of drug-likeness (QED) is 0.839. The molecule has 2 heterocycles. The Hall–Kier alpha value is -1.02. The highest BCUT2D eigenvalue weighted by atomic mass is 15.2. The lowest BCUT2D eigenvalue weighted by Gasteiger charge is -2.38. The zero-order chi connectivity index (χ0) is 11.7. The molecule has 2 aliphatic heterocycles. The molecular formula is C15H22N2. The molecule has 1 aromatic carbocycles. The first-order valence-corrected chi connectivity index (χ1v) is 6.95. The molecule has 0 aliphatic carbocycles.